The van der Waals surface area contributed by atoms with E-state index in [-0.39, 0.29) is 0 Å². The summed E-state index contributed by atoms with van der Waals surface area (Å²) in [5.41, 5.74) is 2.67. The molecular weight excluding hydrogens is 252 g/mol. The van der Waals surface area contributed by atoms with Crippen LogP contribution in [-0.4, -0.2) is 50.9 Å². The quantitative estimate of drug-likeness (QED) is 0.906. The average molecular weight is 276 g/mol. The molecule has 0 saturated carbocycles. The van der Waals surface area contributed by atoms with Gasteiger partial charge in [0.2, 0.25) is 0 Å². The second kappa shape index (κ2) is 6.12. The third-order valence-electron chi connectivity index (χ3n) is 4.21. The van der Waals surface area contributed by atoms with Crippen molar-refractivity contribution in [3.05, 3.63) is 29.3 Å². The monoisotopic (exact) mass is 276 g/mol. The highest BCUT2D eigenvalue weighted by Crippen LogP contribution is 2.28. The third-order valence-corrected chi connectivity index (χ3v) is 4.21. The van der Waals surface area contributed by atoms with Gasteiger partial charge in [0.25, 0.3) is 0 Å². The zero-order valence-electron chi connectivity index (χ0n) is 12.4. The number of morpholine rings is 1. The fraction of sp³-hybridized carbons (Fsp3) is 0.625. The molecule has 0 aromatic heterocycles. The van der Waals surface area contributed by atoms with Crippen LogP contribution >= 0.6 is 0 Å². The minimum atomic E-state index is 0.300. The van der Waals surface area contributed by atoms with Crippen molar-refractivity contribution in [2.75, 3.05) is 39.9 Å². The van der Waals surface area contributed by atoms with Crippen molar-refractivity contribution in [3.8, 4) is 5.75 Å². The van der Waals surface area contributed by atoms with Crippen molar-refractivity contribution >= 4 is 0 Å². The highest BCUT2D eigenvalue weighted by molar-refractivity contribution is 5.40. The molecule has 0 bridgehead atoms. The number of fused-ring (bicyclic) bond motifs is 1. The minimum absolute atomic E-state index is 0.300. The van der Waals surface area contributed by atoms with Gasteiger partial charge < -0.3 is 19.7 Å². The van der Waals surface area contributed by atoms with Crippen LogP contribution in [0, 0.1) is 0 Å². The number of benzene rings is 1. The van der Waals surface area contributed by atoms with Crippen LogP contribution in [-0.2, 0) is 11.2 Å². The van der Waals surface area contributed by atoms with Gasteiger partial charge in [-0.1, -0.05) is 12.1 Å². The smallest absolute Gasteiger partial charge is 0.122 e. The summed E-state index contributed by atoms with van der Waals surface area (Å²) in [4.78, 5) is 2.33. The van der Waals surface area contributed by atoms with Crippen LogP contribution in [0.2, 0.25) is 0 Å². The van der Waals surface area contributed by atoms with Crippen molar-refractivity contribution < 1.29 is 9.47 Å². The lowest BCUT2D eigenvalue weighted by atomic mass is 10.0. The van der Waals surface area contributed by atoms with Crippen LogP contribution in [0.4, 0.5) is 0 Å². The molecule has 0 spiro atoms. The van der Waals surface area contributed by atoms with Crippen molar-refractivity contribution in [3.63, 3.8) is 0 Å². The van der Waals surface area contributed by atoms with Crippen LogP contribution in [0.25, 0.3) is 0 Å². The molecule has 2 heterocycles. The van der Waals surface area contributed by atoms with Gasteiger partial charge in [-0.25, -0.2) is 0 Å². The third kappa shape index (κ3) is 3.14. The molecule has 1 aromatic rings. The Morgan fingerprint density at radius 2 is 2.30 bits per heavy atom. The molecule has 3 rings (SSSR count). The Bertz CT molecular complexity index is 464. The fourth-order valence-electron chi connectivity index (χ4n) is 2.89. The Morgan fingerprint density at radius 1 is 1.40 bits per heavy atom. The normalized spacial score (nSPS) is 24.2. The predicted octanol–water partition coefficient (Wildman–Crippen LogP) is 1.60. The maximum absolute atomic E-state index is 5.78. The van der Waals surface area contributed by atoms with Gasteiger partial charge in [0.05, 0.1) is 19.3 Å². The zero-order valence-corrected chi connectivity index (χ0v) is 12.4. The van der Waals surface area contributed by atoms with Gasteiger partial charge >= 0.3 is 0 Å². The number of nitrogens with zero attached hydrogens (tertiary/aromatic N) is 1. The van der Waals surface area contributed by atoms with E-state index in [1.165, 1.54) is 11.1 Å². The molecule has 2 aliphatic heterocycles. The van der Waals surface area contributed by atoms with E-state index in [0.717, 1.165) is 45.0 Å². The van der Waals surface area contributed by atoms with Gasteiger partial charge in [-0.05, 0) is 31.2 Å². The Balaban J connectivity index is 1.55. The molecule has 4 nitrogen and oxygen atoms in total. The van der Waals surface area contributed by atoms with Gasteiger partial charge in [-0.15, -0.1) is 0 Å². The lowest BCUT2D eigenvalue weighted by Gasteiger charge is -2.31. The number of nitrogens with one attached hydrogen (secondary N) is 1. The number of hydrogen-bond donors (Lipinski definition) is 1. The fourth-order valence-corrected chi connectivity index (χ4v) is 2.89. The van der Waals surface area contributed by atoms with E-state index in [1.807, 2.05) is 0 Å². The average Bonchev–Trinajstić information content (AvgIpc) is 2.92. The van der Waals surface area contributed by atoms with Crippen LogP contribution in [0.3, 0.4) is 0 Å². The molecule has 1 fully saturated rings. The lowest BCUT2D eigenvalue weighted by Crippen LogP contribution is -2.45. The van der Waals surface area contributed by atoms with Gasteiger partial charge in [0.15, 0.2) is 0 Å². The molecule has 0 amide bonds. The molecule has 2 unspecified atom stereocenters. The van der Waals surface area contributed by atoms with Gasteiger partial charge in [-0.2, -0.15) is 0 Å². The Hall–Kier alpha value is -1.10. The van der Waals surface area contributed by atoms with Gasteiger partial charge in [-0.3, -0.25) is 0 Å². The summed E-state index contributed by atoms with van der Waals surface area (Å²) in [6, 6.07) is 6.88. The number of rotatable bonds is 4. The number of hydrogen-bond acceptors (Lipinski definition) is 4. The first-order chi connectivity index (χ1) is 9.72. The highest BCUT2D eigenvalue weighted by Gasteiger charge is 2.19. The first kappa shape index (κ1) is 13.9. The second-order valence-electron chi connectivity index (χ2n) is 5.85. The molecule has 0 radical (unpaired) electrons. The first-order valence-corrected chi connectivity index (χ1v) is 7.51. The van der Waals surface area contributed by atoms with Gasteiger partial charge in [0, 0.05) is 32.1 Å². The van der Waals surface area contributed by atoms with Crippen LogP contribution < -0.4 is 10.1 Å². The summed E-state index contributed by atoms with van der Waals surface area (Å²) >= 11 is 0. The Kier molecular flexibility index (Phi) is 4.24. The molecule has 2 atom stereocenters. The molecule has 20 heavy (non-hydrogen) atoms. The van der Waals surface area contributed by atoms with E-state index in [1.54, 1.807) is 0 Å². The lowest BCUT2D eigenvalue weighted by molar-refractivity contribution is -0.0190. The summed E-state index contributed by atoms with van der Waals surface area (Å²) in [5.74, 6) is 1.05. The Morgan fingerprint density at radius 3 is 3.15 bits per heavy atom. The SMILES string of the molecule is CC(NCC1CN(C)CCO1)c1ccc2c(c1)CCO2. The zero-order chi connectivity index (χ0) is 13.9. The van der Waals surface area contributed by atoms with Crippen molar-refractivity contribution in [2.45, 2.75) is 25.5 Å². The van der Waals surface area contributed by atoms with Crippen molar-refractivity contribution in [1.82, 2.24) is 10.2 Å². The van der Waals surface area contributed by atoms with Crippen LogP contribution in [0.1, 0.15) is 24.1 Å². The Labute approximate surface area is 121 Å². The van der Waals surface area contributed by atoms with E-state index < -0.39 is 0 Å². The summed E-state index contributed by atoms with van der Waals surface area (Å²) < 4.78 is 11.3. The van der Waals surface area contributed by atoms with E-state index in [2.05, 4.69) is 42.4 Å². The highest BCUT2D eigenvalue weighted by atomic mass is 16.5. The van der Waals surface area contributed by atoms with E-state index in [0.29, 0.717) is 12.1 Å². The number of likely N-dealkylation sites (N-methyl/N-ethyl adjacent to an activating group) is 1. The molecule has 4 heteroatoms. The summed E-state index contributed by atoms with van der Waals surface area (Å²) in [6.45, 7) is 6.83. The number of ether oxygens (including phenoxy) is 2. The topological polar surface area (TPSA) is 33.7 Å². The minimum Gasteiger partial charge on any atom is -0.493 e. The van der Waals surface area contributed by atoms with Gasteiger partial charge in [0.1, 0.15) is 5.75 Å². The van der Waals surface area contributed by atoms with Crippen molar-refractivity contribution in [2.24, 2.45) is 0 Å². The maximum atomic E-state index is 5.78. The van der Waals surface area contributed by atoms with Crippen molar-refractivity contribution in [1.29, 1.82) is 0 Å². The van der Waals surface area contributed by atoms with E-state index in [4.69, 9.17) is 9.47 Å². The summed E-state index contributed by atoms with van der Waals surface area (Å²) in [6.07, 6.45) is 1.33. The van der Waals surface area contributed by atoms with Crippen LogP contribution in [0.5, 0.6) is 5.75 Å². The predicted molar refractivity (Wildman–Crippen MR) is 79.3 cm³/mol. The first-order valence-electron chi connectivity index (χ1n) is 7.51. The second-order valence-corrected chi connectivity index (χ2v) is 5.85. The maximum Gasteiger partial charge on any atom is 0.122 e. The summed E-state index contributed by atoms with van der Waals surface area (Å²) in [5, 5.41) is 3.59. The molecule has 1 N–H and O–H groups in total. The molecule has 110 valence electrons. The molecule has 2 aliphatic rings. The summed E-state index contributed by atoms with van der Waals surface area (Å²) in [7, 11) is 2.15. The molecular formula is C16H24N2O2. The van der Waals surface area contributed by atoms with E-state index >= 15 is 0 Å². The molecule has 1 aromatic carbocycles. The van der Waals surface area contributed by atoms with E-state index in [9.17, 15) is 0 Å². The largest absolute Gasteiger partial charge is 0.493 e. The standard InChI is InChI=1S/C16H24N2O2/c1-12(17-10-15-11-18(2)6-8-19-15)13-3-4-16-14(9-13)5-7-20-16/h3-4,9,12,15,17H,5-8,10-11H2,1-2H3. The molecule has 1 saturated heterocycles. The van der Waals surface area contributed by atoms with Crippen LogP contribution in [0.15, 0.2) is 18.2 Å². The molecule has 0 aliphatic carbocycles.